The van der Waals surface area contributed by atoms with Gasteiger partial charge in [-0.2, -0.15) is 0 Å². The number of halogens is 2. The van der Waals surface area contributed by atoms with E-state index in [4.69, 9.17) is 5.73 Å². The first-order chi connectivity index (χ1) is 11.2. The zero-order valence-electron chi connectivity index (χ0n) is 13.4. The molecule has 1 amide bonds. The fourth-order valence-electron chi connectivity index (χ4n) is 2.19. The largest absolute Gasteiger partial charge is 0.340 e. The molecule has 0 heterocycles. The Balaban J connectivity index is 0.00000288. The Bertz CT molecular complexity index is 610. The highest BCUT2D eigenvalue weighted by molar-refractivity contribution is 8.00. The number of amides is 1. The van der Waals surface area contributed by atoms with Crippen LogP contribution in [0, 0.1) is 5.82 Å². The molecular formula is C18H22ClFN2OS. The molecule has 0 aliphatic carbocycles. The predicted molar refractivity (Wildman–Crippen MR) is 100 cm³/mol. The number of carbonyl (C=O) groups excluding carboxylic acids is 1. The fourth-order valence-corrected chi connectivity index (χ4v) is 2.99. The van der Waals surface area contributed by atoms with Crippen LogP contribution in [-0.2, 0) is 11.2 Å². The third kappa shape index (κ3) is 6.91. The van der Waals surface area contributed by atoms with Gasteiger partial charge in [0.05, 0.1) is 5.75 Å². The van der Waals surface area contributed by atoms with Gasteiger partial charge >= 0.3 is 0 Å². The summed E-state index contributed by atoms with van der Waals surface area (Å²) in [5, 5.41) is 0. The third-order valence-corrected chi connectivity index (χ3v) is 4.44. The highest BCUT2D eigenvalue weighted by atomic mass is 35.5. The molecule has 24 heavy (non-hydrogen) atoms. The van der Waals surface area contributed by atoms with E-state index in [2.05, 4.69) is 12.1 Å². The summed E-state index contributed by atoms with van der Waals surface area (Å²) < 4.78 is 12.9. The first kappa shape index (κ1) is 20.5. The number of benzene rings is 2. The van der Waals surface area contributed by atoms with Crippen LogP contribution in [0.25, 0.3) is 0 Å². The number of hydrogen-bond donors (Lipinski definition) is 1. The summed E-state index contributed by atoms with van der Waals surface area (Å²) in [6, 6.07) is 16.3. The molecule has 2 aromatic rings. The smallest absolute Gasteiger partial charge is 0.232 e. The second kappa shape index (κ2) is 11.1. The number of carbonyl (C=O) groups is 1. The zero-order chi connectivity index (χ0) is 16.5. The molecule has 0 aliphatic rings. The average Bonchev–Trinajstić information content (AvgIpc) is 2.58. The van der Waals surface area contributed by atoms with Crippen LogP contribution in [0.3, 0.4) is 0 Å². The van der Waals surface area contributed by atoms with Crippen molar-refractivity contribution in [3.05, 3.63) is 66.0 Å². The average molecular weight is 369 g/mol. The van der Waals surface area contributed by atoms with Crippen molar-refractivity contribution in [2.75, 3.05) is 25.4 Å². The molecule has 0 unspecified atom stereocenters. The summed E-state index contributed by atoms with van der Waals surface area (Å²) >= 11 is 1.41. The van der Waals surface area contributed by atoms with Gasteiger partial charge in [0.2, 0.25) is 5.91 Å². The molecular weight excluding hydrogens is 347 g/mol. The van der Waals surface area contributed by atoms with Crippen LogP contribution < -0.4 is 5.73 Å². The molecule has 6 heteroatoms. The Kier molecular flexibility index (Phi) is 9.45. The lowest BCUT2D eigenvalue weighted by Crippen LogP contribution is -2.38. The highest BCUT2D eigenvalue weighted by Crippen LogP contribution is 2.18. The summed E-state index contributed by atoms with van der Waals surface area (Å²) in [5.41, 5.74) is 6.82. The lowest BCUT2D eigenvalue weighted by atomic mass is 10.1. The molecule has 130 valence electrons. The zero-order valence-corrected chi connectivity index (χ0v) is 15.0. The van der Waals surface area contributed by atoms with Crippen LogP contribution in [0.5, 0.6) is 0 Å². The standard InChI is InChI=1S/C18H21FN2OS.ClH/c19-16-6-8-17(9-7-16)23-14-18(22)21(13-11-20)12-10-15-4-2-1-3-5-15;/h1-9H,10-14,20H2;1H. The van der Waals surface area contributed by atoms with Crippen LogP contribution in [-0.4, -0.2) is 36.2 Å². The van der Waals surface area contributed by atoms with E-state index >= 15 is 0 Å². The predicted octanol–water partition coefficient (Wildman–Crippen LogP) is 3.37. The molecule has 2 N–H and O–H groups in total. The maximum absolute atomic E-state index is 12.9. The van der Waals surface area contributed by atoms with Gasteiger partial charge in [-0.1, -0.05) is 30.3 Å². The van der Waals surface area contributed by atoms with Crippen molar-refractivity contribution in [1.29, 1.82) is 0 Å². The van der Waals surface area contributed by atoms with E-state index in [1.807, 2.05) is 18.2 Å². The van der Waals surface area contributed by atoms with Gasteiger partial charge in [0.15, 0.2) is 0 Å². The van der Waals surface area contributed by atoms with E-state index in [9.17, 15) is 9.18 Å². The van der Waals surface area contributed by atoms with Crippen molar-refractivity contribution < 1.29 is 9.18 Å². The molecule has 0 bridgehead atoms. The van der Waals surface area contributed by atoms with Crippen LogP contribution in [0.1, 0.15) is 5.56 Å². The molecule has 0 saturated carbocycles. The van der Waals surface area contributed by atoms with Crippen molar-refractivity contribution in [3.63, 3.8) is 0 Å². The van der Waals surface area contributed by atoms with Gasteiger partial charge in [-0.25, -0.2) is 4.39 Å². The van der Waals surface area contributed by atoms with Crippen molar-refractivity contribution in [2.24, 2.45) is 5.73 Å². The van der Waals surface area contributed by atoms with E-state index in [1.54, 1.807) is 17.0 Å². The second-order valence-electron chi connectivity index (χ2n) is 5.15. The van der Waals surface area contributed by atoms with E-state index in [0.717, 1.165) is 11.3 Å². The Morgan fingerprint density at radius 1 is 1.04 bits per heavy atom. The van der Waals surface area contributed by atoms with Crippen LogP contribution in [0.2, 0.25) is 0 Å². The van der Waals surface area contributed by atoms with E-state index in [0.29, 0.717) is 25.4 Å². The maximum Gasteiger partial charge on any atom is 0.232 e. The summed E-state index contributed by atoms with van der Waals surface area (Å²) in [6.45, 7) is 1.65. The maximum atomic E-state index is 12.9. The number of nitrogens with zero attached hydrogens (tertiary/aromatic N) is 1. The lowest BCUT2D eigenvalue weighted by molar-refractivity contribution is -0.128. The molecule has 0 aliphatic heterocycles. The number of rotatable bonds is 8. The monoisotopic (exact) mass is 368 g/mol. The van der Waals surface area contributed by atoms with Gasteiger partial charge in [-0.15, -0.1) is 24.2 Å². The van der Waals surface area contributed by atoms with Crippen molar-refractivity contribution in [3.8, 4) is 0 Å². The number of nitrogens with two attached hydrogens (primary N) is 1. The van der Waals surface area contributed by atoms with Gasteiger partial charge in [0.25, 0.3) is 0 Å². The molecule has 0 spiro atoms. The minimum atomic E-state index is -0.270. The molecule has 2 rings (SSSR count). The Morgan fingerprint density at radius 2 is 1.71 bits per heavy atom. The fraction of sp³-hybridized carbons (Fsp3) is 0.278. The Labute approximate surface area is 152 Å². The third-order valence-electron chi connectivity index (χ3n) is 3.44. The quantitative estimate of drug-likeness (QED) is 0.727. The molecule has 0 fully saturated rings. The topological polar surface area (TPSA) is 46.3 Å². The minimum absolute atomic E-state index is 0. The molecule has 0 aromatic heterocycles. The van der Waals surface area contributed by atoms with Gasteiger partial charge in [-0.05, 0) is 36.2 Å². The van der Waals surface area contributed by atoms with Crippen molar-refractivity contribution in [2.45, 2.75) is 11.3 Å². The number of thioether (sulfide) groups is 1. The van der Waals surface area contributed by atoms with Crippen molar-refractivity contribution in [1.82, 2.24) is 4.90 Å². The van der Waals surface area contributed by atoms with E-state index in [1.165, 1.54) is 29.5 Å². The van der Waals surface area contributed by atoms with E-state index < -0.39 is 0 Å². The van der Waals surface area contributed by atoms with Crippen LogP contribution in [0.4, 0.5) is 4.39 Å². The Hall–Kier alpha value is -1.56. The van der Waals surface area contributed by atoms with Crippen LogP contribution >= 0.6 is 24.2 Å². The van der Waals surface area contributed by atoms with Gasteiger partial charge < -0.3 is 10.6 Å². The summed E-state index contributed by atoms with van der Waals surface area (Å²) in [6.07, 6.45) is 0.813. The SMILES string of the molecule is Cl.NCCN(CCc1ccccc1)C(=O)CSc1ccc(F)cc1. The van der Waals surface area contributed by atoms with Gasteiger partial charge in [0.1, 0.15) is 5.82 Å². The summed E-state index contributed by atoms with van der Waals surface area (Å²) in [7, 11) is 0. The van der Waals surface area contributed by atoms with Gasteiger partial charge in [0, 0.05) is 24.5 Å². The van der Waals surface area contributed by atoms with Crippen LogP contribution in [0.15, 0.2) is 59.5 Å². The lowest BCUT2D eigenvalue weighted by Gasteiger charge is -2.22. The van der Waals surface area contributed by atoms with Gasteiger partial charge in [-0.3, -0.25) is 4.79 Å². The normalized spacial score (nSPS) is 10.1. The highest BCUT2D eigenvalue weighted by Gasteiger charge is 2.13. The second-order valence-corrected chi connectivity index (χ2v) is 6.20. The summed E-state index contributed by atoms with van der Waals surface area (Å²) in [5.74, 6) is 0.120. The first-order valence-electron chi connectivity index (χ1n) is 7.59. The molecule has 2 aromatic carbocycles. The molecule has 0 atom stereocenters. The first-order valence-corrected chi connectivity index (χ1v) is 8.57. The molecule has 0 radical (unpaired) electrons. The van der Waals surface area contributed by atoms with Crippen molar-refractivity contribution >= 4 is 30.1 Å². The summed E-state index contributed by atoms with van der Waals surface area (Å²) in [4.78, 5) is 15.1. The number of hydrogen-bond acceptors (Lipinski definition) is 3. The molecule has 3 nitrogen and oxygen atoms in total. The van der Waals surface area contributed by atoms with E-state index in [-0.39, 0.29) is 24.1 Å². The molecule has 0 saturated heterocycles. The minimum Gasteiger partial charge on any atom is -0.340 e. The Morgan fingerprint density at radius 3 is 2.33 bits per heavy atom.